The third-order valence-corrected chi connectivity index (χ3v) is 3.44. The summed E-state index contributed by atoms with van der Waals surface area (Å²) in [5, 5.41) is 25.5. The zero-order chi connectivity index (χ0) is 19.8. The molecule has 0 aliphatic rings. The van der Waals surface area contributed by atoms with Crippen molar-refractivity contribution < 1.29 is 19.5 Å². The van der Waals surface area contributed by atoms with Crippen LogP contribution in [-0.4, -0.2) is 21.5 Å². The van der Waals surface area contributed by atoms with Crippen LogP contribution in [0.15, 0.2) is 59.8 Å². The number of oxime groups is 1. The van der Waals surface area contributed by atoms with Crippen LogP contribution in [0.3, 0.4) is 0 Å². The quantitative estimate of drug-likeness (QED) is 0.312. The van der Waals surface area contributed by atoms with E-state index in [-0.39, 0.29) is 5.56 Å². The van der Waals surface area contributed by atoms with Crippen LogP contribution in [0.5, 0.6) is 0 Å². The number of carbonyl (C=O) groups excluding carboxylic acids is 1. The molecule has 9 heteroatoms. The highest BCUT2D eigenvalue weighted by Crippen LogP contribution is 2.23. The van der Waals surface area contributed by atoms with Gasteiger partial charge in [0.15, 0.2) is 0 Å². The van der Waals surface area contributed by atoms with Crippen LogP contribution < -0.4 is 0 Å². The van der Waals surface area contributed by atoms with E-state index in [0.717, 1.165) is 23.8 Å². The molecule has 0 bridgehead atoms. The lowest BCUT2D eigenvalue weighted by Gasteiger charge is -2.01. The monoisotopic (exact) mass is 369 g/mol. The molecule has 0 N–H and O–H groups in total. The van der Waals surface area contributed by atoms with Gasteiger partial charge < -0.3 is 4.84 Å². The molecule has 2 aromatic carbocycles. The van der Waals surface area contributed by atoms with E-state index in [4.69, 9.17) is 4.84 Å². The Kier molecular flexibility index (Phi) is 6.48. The first kappa shape index (κ1) is 19.4. The van der Waals surface area contributed by atoms with Crippen molar-refractivity contribution >= 4 is 29.1 Å². The van der Waals surface area contributed by atoms with E-state index in [1.54, 1.807) is 19.1 Å². The van der Waals surface area contributed by atoms with Crippen molar-refractivity contribution in [1.29, 1.82) is 0 Å². The summed E-state index contributed by atoms with van der Waals surface area (Å²) in [6.07, 6.45) is 3.92. The summed E-state index contributed by atoms with van der Waals surface area (Å²) in [7, 11) is 0. The van der Waals surface area contributed by atoms with E-state index >= 15 is 0 Å². The normalized spacial score (nSPS) is 11.4. The largest absolute Gasteiger partial charge is 0.366 e. The number of nitro benzene ring substituents is 2. The van der Waals surface area contributed by atoms with Crippen molar-refractivity contribution in [3.8, 4) is 0 Å². The number of nitro groups is 2. The minimum atomic E-state index is -1.03. The Bertz CT molecular complexity index is 890. The predicted octanol–water partition coefficient (Wildman–Crippen LogP) is 4.14. The summed E-state index contributed by atoms with van der Waals surface area (Å²) in [6, 6.07) is 12.0. The summed E-state index contributed by atoms with van der Waals surface area (Å²) < 4.78 is 0. The number of hydrogen-bond donors (Lipinski definition) is 0. The van der Waals surface area contributed by atoms with E-state index < -0.39 is 27.2 Å². The minimum absolute atomic E-state index is 0.331. The molecule has 2 rings (SSSR count). The molecular formula is C18H15N3O6. The molecule has 0 aromatic heterocycles. The van der Waals surface area contributed by atoms with Crippen molar-refractivity contribution in [2.24, 2.45) is 5.16 Å². The van der Waals surface area contributed by atoms with E-state index in [1.165, 1.54) is 0 Å². The molecule has 0 spiro atoms. The second-order valence-electron chi connectivity index (χ2n) is 5.31. The van der Waals surface area contributed by atoms with E-state index in [1.807, 2.05) is 30.3 Å². The van der Waals surface area contributed by atoms with Gasteiger partial charge in [-0.25, -0.2) is 4.79 Å². The first-order chi connectivity index (χ1) is 12.9. The van der Waals surface area contributed by atoms with Gasteiger partial charge in [-0.1, -0.05) is 48.5 Å². The Morgan fingerprint density at radius 2 is 1.67 bits per heavy atom. The lowest BCUT2D eigenvalue weighted by molar-refractivity contribution is -0.394. The summed E-state index contributed by atoms with van der Waals surface area (Å²) >= 11 is 0. The predicted molar refractivity (Wildman–Crippen MR) is 98.4 cm³/mol. The van der Waals surface area contributed by atoms with Crippen LogP contribution >= 0.6 is 0 Å². The molecule has 0 saturated heterocycles. The van der Waals surface area contributed by atoms with Crippen molar-refractivity contribution in [1.82, 2.24) is 0 Å². The second-order valence-corrected chi connectivity index (χ2v) is 5.31. The summed E-state index contributed by atoms with van der Waals surface area (Å²) in [5.74, 6) is -1.03. The van der Waals surface area contributed by atoms with Crippen LogP contribution in [0, 0.1) is 20.2 Å². The zero-order valence-corrected chi connectivity index (χ0v) is 14.3. The molecule has 9 nitrogen and oxygen atoms in total. The first-order valence-electron chi connectivity index (χ1n) is 7.86. The Hall–Kier alpha value is -3.88. The fraction of sp³-hybridized carbons (Fsp3) is 0.111. The molecule has 0 heterocycles. The lowest BCUT2D eigenvalue weighted by Crippen LogP contribution is -2.05. The lowest BCUT2D eigenvalue weighted by atomic mass is 10.2. The average molecular weight is 369 g/mol. The third kappa shape index (κ3) is 5.56. The van der Waals surface area contributed by atoms with Gasteiger partial charge in [0.25, 0.3) is 11.4 Å². The van der Waals surface area contributed by atoms with Crippen LogP contribution in [0.1, 0.15) is 29.3 Å². The van der Waals surface area contributed by atoms with Crippen molar-refractivity contribution in [2.45, 2.75) is 13.3 Å². The van der Waals surface area contributed by atoms with Crippen molar-refractivity contribution in [2.75, 3.05) is 0 Å². The molecule has 0 atom stereocenters. The Labute approximate surface area is 153 Å². The van der Waals surface area contributed by atoms with Gasteiger partial charge in [-0.05, 0) is 18.1 Å². The van der Waals surface area contributed by atoms with Crippen LogP contribution in [0.4, 0.5) is 11.4 Å². The Morgan fingerprint density at radius 3 is 2.19 bits per heavy atom. The summed E-state index contributed by atoms with van der Waals surface area (Å²) in [6.45, 7) is 1.81. The van der Waals surface area contributed by atoms with Gasteiger partial charge in [0.2, 0.25) is 0 Å². The molecule has 0 aliphatic carbocycles. The molecule has 27 heavy (non-hydrogen) atoms. The van der Waals surface area contributed by atoms with Gasteiger partial charge in [-0.3, -0.25) is 20.2 Å². The van der Waals surface area contributed by atoms with Gasteiger partial charge in [-0.15, -0.1) is 0 Å². The molecule has 0 saturated carbocycles. The first-order valence-corrected chi connectivity index (χ1v) is 7.86. The highest BCUT2D eigenvalue weighted by molar-refractivity contribution is 5.98. The highest BCUT2D eigenvalue weighted by Gasteiger charge is 2.21. The summed E-state index contributed by atoms with van der Waals surface area (Å²) in [5.41, 5.74) is -0.117. The van der Waals surface area contributed by atoms with Crippen molar-refractivity contribution in [3.63, 3.8) is 0 Å². The van der Waals surface area contributed by atoms with Crippen LogP contribution in [0.2, 0.25) is 0 Å². The number of carbonyl (C=O) groups is 1. The molecule has 0 amide bonds. The smallest absolute Gasteiger partial charge is 0.313 e. The van der Waals surface area contributed by atoms with Gasteiger partial charge in [-0.2, -0.15) is 0 Å². The number of nitrogens with zero attached hydrogens (tertiary/aromatic N) is 3. The topological polar surface area (TPSA) is 125 Å². The number of allylic oxidation sites excluding steroid dienone is 1. The van der Waals surface area contributed by atoms with Gasteiger partial charge >= 0.3 is 5.97 Å². The maximum Gasteiger partial charge on any atom is 0.366 e. The van der Waals surface area contributed by atoms with E-state index in [9.17, 15) is 25.0 Å². The SMILES string of the molecule is CCC(/C=C/c1ccccc1)=N/OC(=O)c1cc([N+](=O)[O-])cc([N+](=O)[O-])c1. The molecule has 138 valence electrons. The maximum atomic E-state index is 12.1. The molecule has 0 unspecified atom stereocenters. The van der Waals surface area contributed by atoms with Crippen molar-refractivity contribution in [3.05, 3.63) is 86.0 Å². The maximum absolute atomic E-state index is 12.1. The molecular weight excluding hydrogens is 354 g/mol. The fourth-order valence-corrected chi connectivity index (χ4v) is 2.05. The van der Waals surface area contributed by atoms with Gasteiger partial charge in [0, 0.05) is 12.1 Å². The minimum Gasteiger partial charge on any atom is -0.313 e. The highest BCUT2D eigenvalue weighted by atomic mass is 16.7. The second kappa shape index (κ2) is 8.99. The fourth-order valence-electron chi connectivity index (χ4n) is 2.05. The van der Waals surface area contributed by atoms with E-state index in [2.05, 4.69) is 5.16 Å². The van der Waals surface area contributed by atoms with Crippen LogP contribution in [0.25, 0.3) is 6.08 Å². The molecule has 0 fully saturated rings. The number of non-ortho nitro benzene ring substituents is 2. The van der Waals surface area contributed by atoms with Gasteiger partial charge in [0.1, 0.15) is 0 Å². The Balaban J connectivity index is 2.20. The molecule has 2 aromatic rings. The number of rotatable bonds is 7. The average Bonchev–Trinajstić information content (AvgIpc) is 2.68. The van der Waals surface area contributed by atoms with E-state index in [0.29, 0.717) is 12.1 Å². The third-order valence-electron chi connectivity index (χ3n) is 3.44. The zero-order valence-electron chi connectivity index (χ0n) is 14.3. The number of hydrogen-bond acceptors (Lipinski definition) is 7. The van der Waals surface area contributed by atoms with Gasteiger partial charge in [0.05, 0.1) is 27.2 Å². The standard InChI is InChI=1S/C18H15N3O6/c1-2-15(9-8-13-6-4-3-5-7-13)19-27-18(22)14-10-16(20(23)24)12-17(11-14)21(25)26/h3-12H,2H2,1H3/b9-8+,19-15-. The van der Waals surface area contributed by atoms with Crippen LogP contribution in [-0.2, 0) is 4.84 Å². The number of benzene rings is 2. The summed E-state index contributed by atoms with van der Waals surface area (Å²) in [4.78, 5) is 37.0. The molecule has 0 aliphatic heterocycles. The Morgan fingerprint density at radius 1 is 1.07 bits per heavy atom. The molecule has 0 radical (unpaired) electrons.